The van der Waals surface area contributed by atoms with Gasteiger partial charge in [-0.3, -0.25) is 4.90 Å². The number of anilines is 1. The largest absolute Gasteiger partial charge is 0.497 e. The highest BCUT2D eigenvalue weighted by Crippen LogP contribution is 2.32. The Bertz CT molecular complexity index is 1820. The number of nitrogens with one attached hydrogen (secondary N) is 1. The lowest BCUT2D eigenvalue weighted by molar-refractivity contribution is 0.0466. The third-order valence-corrected chi connectivity index (χ3v) is 9.84. The van der Waals surface area contributed by atoms with Crippen molar-refractivity contribution in [3.63, 3.8) is 0 Å². The molecular formula is C36H38ClFN6O4S. The number of aromatic nitrogens is 3. The molecule has 0 radical (unpaired) electrons. The van der Waals surface area contributed by atoms with Gasteiger partial charge in [0.2, 0.25) is 0 Å². The molecule has 1 fully saturated rings. The Balaban J connectivity index is 1.15. The topological polar surface area (TPSA) is 102 Å². The molecule has 1 saturated heterocycles. The summed E-state index contributed by atoms with van der Waals surface area (Å²) < 4.78 is 32.1. The summed E-state index contributed by atoms with van der Waals surface area (Å²) >= 11 is 7.69. The van der Waals surface area contributed by atoms with E-state index in [0.717, 1.165) is 67.3 Å². The first kappa shape index (κ1) is 34.6. The van der Waals surface area contributed by atoms with E-state index in [2.05, 4.69) is 42.1 Å². The van der Waals surface area contributed by atoms with E-state index in [0.29, 0.717) is 35.2 Å². The second kappa shape index (κ2) is 16.4. The molecular weight excluding hydrogens is 667 g/mol. The number of fused-ring (bicyclic) bond motifs is 1. The Morgan fingerprint density at radius 3 is 2.73 bits per heavy atom. The molecule has 2 aliphatic heterocycles. The molecule has 2 aromatic heterocycles. The van der Waals surface area contributed by atoms with E-state index in [1.165, 1.54) is 17.4 Å². The van der Waals surface area contributed by atoms with Gasteiger partial charge < -0.3 is 24.4 Å². The quantitative estimate of drug-likeness (QED) is 0.168. The van der Waals surface area contributed by atoms with E-state index in [9.17, 15) is 4.79 Å². The van der Waals surface area contributed by atoms with Crippen molar-refractivity contribution < 1.29 is 23.4 Å². The minimum atomic E-state index is -0.510. The standard InChI is InChI=1S/C36H38ClFN6O4S/c1-24-29-6-4-16-44(35(29)42-41-34(24)37)27(20-33-40-31(23-49-33)36(45)48-21-26-7-10-28(46-2)11-8-26)22-47-32-12-9-25(19-30(32)38)5-3-15-43-17-13-39-14-18-43/h7-12,19,23,27,39H,4,6,13-18,20-22H2,1-2H3. The number of nitrogens with zero attached hydrogens (tertiary/aromatic N) is 5. The highest BCUT2D eigenvalue weighted by Gasteiger charge is 2.30. The number of ether oxygens (including phenoxy) is 3. The molecule has 1 atom stereocenters. The summed E-state index contributed by atoms with van der Waals surface area (Å²) in [4.78, 5) is 21.9. The molecule has 4 heterocycles. The third-order valence-electron chi connectivity index (χ3n) is 8.61. The maximum absolute atomic E-state index is 15.3. The first-order chi connectivity index (χ1) is 23.9. The number of benzene rings is 2. The molecule has 4 aromatic rings. The van der Waals surface area contributed by atoms with Gasteiger partial charge in [-0.1, -0.05) is 35.6 Å². The fourth-order valence-corrected chi connectivity index (χ4v) is 6.83. The molecule has 0 saturated carbocycles. The van der Waals surface area contributed by atoms with Crippen molar-refractivity contribution in [3.8, 4) is 23.3 Å². The molecule has 0 spiro atoms. The number of carbonyl (C=O) groups excluding carboxylic acids is 1. The van der Waals surface area contributed by atoms with Gasteiger partial charge in [-0.15, -0.1) is 21.5 Å². The highest BCUT2D eigenvalue weighted by atomic mass is 35.5. The van der Waals surface area contributed by atoms with Crippen LogP contribution in [-0.2, 0) is 24.2 Å². The number of thiazole rings is 1. The Morgan fingerprint density at radius 1 is 1.14 bits per heavy atom. The predicted octanol–water partition coefficient (Wildman–Crippen LogP) is 5.10. The Morgan fingerprint density at radius 2 is 1.96 bits per heavy atom. The first-order valence-electron chi connectivity index (χ1n) is 16.2. The van der Waals surface area contributed by atoms with Crippen LogP contribution in [0.25, 0.3) is 0 Å². The zero-order chi connectivity index (χ0) is 34.2. The summed E-state index contributed by atoms with van der Waals surface area (Å²) in [6, 6.07) is 11.8. The number of rotatable bonds is 11. The lowest BCUT2D eigenvalue weighted by Gasteiger charge is -2.36. The number of halogens is 2. The first-order valence-corrected chi connectivity index (χ1v) is 17.5. The number of piperazine rings is 1. The Kier molecular flexibility index (Phi) is 11.6. The average Bonchev–Trinajstić information content (AvgIpc) is 3.60. The molecule has 1 unspecified atom stereocenters. The minimum Gasteiger partial charge on any atom is -0.497 e. The van der Waals surface area contributed by atoms with Crippen molar-refractivity contribution in [2.24, 2.45) is 0 Å². The molecule has 2 aromatic carbocycles. The number of hydrogen-bond donors (Lipinski definition) is 1. The summed E-state index contributed by atoms with van der Waals surface area (Å²) in [5.41, 5.74) is 3.59. The molecule has 1 N–H and O–H groups in total. The van der Waals surface area contributed by atoms with Crippen LogP contribution in [-0.4, -0.2) is 85.1 Å². The molecule has 13 heteroatoms. The zero-order valence-corrected chi connectivity index (χ0v) is 29.1. The van der Waals surface area contributed by atoms with Crippen LogP contribution in [0.1, 0.15) is 44.2 Å². The van der Waals surface area contributed by atoms with Gasteiger partial charge in [0.05, 0.1) is 24.7 Å². The number of hydrogen-bond acceptors (Lipinski definition) is 11. The smallest absolute Gasteiger partial charge is 0.358 e. The van der Waals surface area contributed by atoms with Gasteiger partial charge in [-0.2, -0.15) is 0 Å². The van der Waals surface area contributed by atoms with Gasteiger partial charge >= 0.3 is 5.97 Å². The van der Waals surface area contributed by atoms with E-state index >= 15 is 4.39 Å². The molecule has 256 valence electrons. The van der Waals surface area contributed by atoms with Gasteiger partial charge in [0.25, 0.3) is 0 Å². The van der Waals surface area contributed by atoms with E-state index in [-0.39, 0.29) is 30.7 Å². The SMILES string of the molecule is COc1ccc(COC(=O)c2csc(CC(COc3ccc(C#CCN4CCNCC4)cc3F)N3CCCc4c3nnc(Cl)c4C)n2)cc1. The number of methoxy groups -OCH3 is 1. The van der Waals surface area contributed by atoms with Crippen LogP contribution >= 0.6 is 22.9 Å². The maximum atomic E-state index is 15.3. The highest BCUT2D eigenvalue weighted by molar-refractivity contribution is 7.09. The summed E-state index contributed by atoms with van der Waals surface area (Å²) in [5, 5.41) is 14.8. The zero-order valence-electron chi connectivity index (χ0n) is 27.5. The van der Waals surface area contributed by atoms with E-state index in [4.69, 9.17) is 25.8 Å². The van der Waals surface area contributed by atoms with Gasteiger partial charge in [-0.25, -0.2) is 14.2 Å². The summed E-state index contributed by atoms with van der Waals surface area (Å²) in [7, 11) is 1.60. The normalized spacial score (nSPS) is 15.1. The summed E-state index contributed by atoms with van der Waals surface area (Å²) in [6.45, 7) is 7.35. The molecule has 2 aliphatic rings. The minimum absolute atomic E-state index is 0.114. The maximum Gasteiger partial charge on any atom is 0.358 e. The van der Waals surface area contributed by atoms with Crippen LogP contribution in [0.3, 0.4) is 0 Å². The molecule has 10 nitrogen and oxygen atoms in total. The second-order valence-corrected chi connectivity index (χ2v) is 13.2. The van der Waals surface area contributed by atoms with Crippen LogP contribution in [0.15, 0.2) is 47.8 Å². The second-order valence-electron chi connectivity index (χ2n) is 11.9. The molecule has 0 bridgehead atoms. The average molecular weight is 705 g/mol. The molecule has 0 amide bonds. The van der Waals surface area contributed by atoms with Crippen molar-refractivity contribution in [2.75, 3.05) is 57.9 Å². The van der Waals surface area contributed by atoms with Crippen molar-refractivity contribution >= 4 is 34.7 Å². The molecule has 0 aliphatic carbocycles. The summed E-state index contributed by atoms with van der Waals surface area (Å²) in [6.07, 6.45) is 2.13. The Labute approximate surface area is 294 Å². The van der Waals surface area contributed by atoms with E-state index in [1.807, 2.05) is 31.2 Å². The summed E-state index contributed by atoms with van der Waals surface area (Å²) in [5.74, 6) is 6.83. The third kappa shape index (κ3) is 8.85. The van der Waals surface area contributed by atoms with Crippen molar-refractivity contribution in [1.82, 2.24) is 25.4 Å². The number of carbonyl (C=O) groups is 1. The fourth-order valence-electron chi connectivity index (χ4n) is 5.84. The monoisotopic (exact) mass is 704 g/mol. The van der Waals surface area contributed by atoms with Crippen LogP contribution in [0.5, 0.6) is 11.5 Å². The van der Waals surface area contributed by atoms with Crippen LogP contribution in [0.4, 0.5) is 10.2 Å². The lowest BCUT2D eigenvalue weighted by atomic mass is 10.00. The predicted molar refractivity (Wildman–Crippen MR) is 187 cm³/mol. The Hall–Kier alpha value is -4.28. The number of esters is 1. The van der Waals surface area contributed by atoms with Gasteiger partial charge in [0.15, 0.2) is 28.2 Å². The van der Waals surface area contributed by atoms with E-state index < -0.39 is 11.8 Å². The van der Waals surface area contributed by atoms with Crippen LogP contribution in [0.2, 0.25) is 5.15 Å². The van der Waals surface area contributed by atoms with Gasteiger partial charge in [0, 0.05) is 55.7 Å². The van der Waals surface area contributed by atoms with Gasteiger partial charge in [-0.05, 0) is 61.2 Å². The molecule has 49 heavy (non-hydrogen) atoms. The van der Waals surface area contributed by atoms with Crippen LogP contribution < -0.4 is 19.7 Å². The van der Waals surface area contributed by atoms with Crippen LogP contribution in [0, 0.1) is 24.6 Å². The van der Waals surface area contributed by atoms with Crippen molar-refractivity contribution in [1.29, 1.82) is 0 Å². The molecule has 6 rings (SSSR count). The van der Waals surface area contributed by atoms with Crippen molar-refractivity contribution in [3.05, 3.63) is 91.8 Å². The fraction of sp³-hybridized carbons (Fsp3) is 0.389. The van der Waals surface area contributed by atoms with Crippen molar-refractivity contribution in [2.45, 2.75) is 38.8 Å². The van der Waals surface area contributed by atoms with Gasteiger partial charge in [0.1, 0.15) is 19.0 Å². The van der Waals surface area contributed by atoms with E-state index in [1.54, 1.807) is 24.6 Å². The lowest BCUT2D eigenvalue weighted by Crippen LogP contribution is -2.45.